The molecule has 1 aliphatic carbocycles. The van der Waals surface area contributed by atoms with Crippen molar-refractivity contribution in [3.8, 4) is 0 Å². The number of carboxylic acids is 3. The zero-order chi connectivity index (χ0) is 22.7. The molecule has 1 fully saturated rings. The van der Waals surface area contributed by atoms with Crippen LogP contribution < -0.4 is 0 Å². The predicted molar refractivity (Wildman–Crippen MR) is 116 cm³/mol. The van der Waals surface area contributed by atoms with E-state index in [9.17, 15) is 29.7 Å². The Morgan fingerprint density at radius 1 is 0.700 bits per heavy atom. The van der Waals surface area contributed by atoms with E-state index in [-0.39, 0.29) is 17.8 Å². The van der Waals surface area contributed by atoms with Gasteiger partial charge in [-0.1, -0.05) is 59.3 Å². The molecule has 0 spiro atoms. The lowest BCUT2D eigenvalue weighted by atomic mass is 9.62. The molecule has 5 unspecified atom stereocenters. The molecule has 1 saturated carbocycles. The second-order valence-corrected chi connectivity index (χ2v) is 9.01. The van der Waals surface area contributed by atoms with Crippen molar-refractivity contribution in [2.24, 2.45) is 35.5 Å². The lowest BCUT2D eigenvalue weighted by Gasteiger charge is -2.41. The second-order valence-electron chi connectivity index (χ2n) is 9.01. The SMILES string of the molecule is CCCCC(C(=O)O)C1[CH]C(C(CCCC)C(=O)O)CC(C(CCCC)C(=O)O)C1. The largest absolute Gasteiger partial charge is 0.481 e. The predicted octanol–water partition coefficient (Wildman–Crippen LogP) is 5.51. The number of carbonyl (C=O) groups is 3. The average Bonchev–Trinajstić information content (AvgIpc) is 2.68. The van der Waals surface area contributed by atoms with Crippen LogP contribution in [0.15, 0.2) is 0 Å². The molecule has 3 N–H and O–H groups in total. The maximum Gasteiger partial charge on any atom is 0.306 e. The van der Waals surface area contributed by atoms with Crippen molar-refractivity contribution in [3.05, 3.63) is 6.42 Å². The maximum absolute atomic E-state index is 12.0. The summed E-state index contributed by atoms with van der Waals surface area (Å²) in [4.78, 5) is 36.1. The minimum absolute atomic E-state index is 0.180. The van der Waals surface area contributed by atoms with Crippen LogP contribution in [0.4, 0.5) is 0 Å². The molecule has 30 heavy (non-hydrogen) atoms. The van der Waals surface area contributed by atoms with Crippen molar-refractivity contribution < 1.29 is 29.7 Å². The standard InChI is InChI=1S/C24H41O6/c1-4-7-10-19(22(25)26)16-13-17(20(23(27)28)11-8-5-2)15-18(14-16)21(24(29)30)12-9-6-3/h13,16-21H,4-12,14-15H2,1-3H3,(H,25,26)(H,27,28)(H,29,30). The lowest BCUT2D eigenvalue weighted by Crippen LogP contribution is -2.40. The third-order valence-corrected chi connectivity index (χ3v) is 6.80. The first-order valence-electron chi connectivity index (χ1n) is 11.8. The molecule has 0 aliphatic heterocycles. The quantitative estimate of drug-likeness (QED) is 0.319. The molecule has 6 heteroatoms. The van der Waals surface area contributed by atoms with Gasteiger partial charge in [-0.25, -0.2) is 0 Å². The summed E-state index contributed by atoms with van der Waals surface area (Å²) in [6.45, 7) is 6.06. The molecule has 1 aliphatic rings. The molecule has 173 valence electrons. The molecule has 0 aromatic carbocycles. The highest BCUT2D eigenvalue weighted by molar-refractivity contribution is 5.72. The molecule has 6 nitrogen and oxygen atoms in total. The summed E-state index contributed by atoms with van der Waals surface area (Å²) in [5.74, 6) is -4.96. The van der Waals surface area contributed by atoms with E-state index in [1.54, 1.807) is 0 Å². The third kappa shape index (κ3) is 7.92. The zero-order valence-electron chi connectivity index (χ0n) is 18.9. The van der Waals surface area contributed by atoms with Crippen molar-refractivity contribution in [2.75, 3.05) is 0 Å². The summed E-state index contributed by atoms with van der Waals surface area (Å²) in [6.07, 6.45) is 9.78. The number of unbranched alkanes of at least 4 members (excludes halogenated alkanes) is 3. The zero-order valence-corrected chi connectivity index (χ0v) is 18.9. The van der Waals surface area contributed by atoms with Gasteiger partial charge in [0.25, 0.3) is 0 Å². The van der Waals surface area contributed by atoms with E-state index in [1.165, 1.54) is 0 Å². The van der Waals surface area contributed by atoms with Gasteiger partial charge in [0.2, 0.25) is 0 Å². The van der Waals surface area contributed by atoms with Gasteiger partial charge in [-0.15, -0.1) is 0 Å². The normalized spacial score (nSPS) is 24.7. The molecule has 1 rings (SSSR count). The van der Waals surface area contributed by atoms with E-state index in [0.717, 1.165) is 38.5 Å². The van der Waals surface area contributed by atoms with Gasteiger partial charge in [0.05, 0.1) is 17.8 Å². The minimum Gasteiger partial charge on any atom is -0.481 e. The van der Waals surface area contributed by atoms with Crippen molar-refractivity contribution >= 4 is 17.9 Å². The van der Waals surface area contributed by atoms with Crippen molar-refractivity contribution in [1.82, 2.24) is 0 Å². The Kier molecular flexibility index (Phi) is 12.0. The summed E-state index contributed by atoms with van der Waals surface area (Å²) in [7, 11) is 0. The molecule has 0 heterocycles. The van der Waals surface area contributed by atoms with Crippen LogP contribution in [-0.2, 0) is 14.4 Å². The summed E-state index contributed by atoms with van der Waals surface area (Å²) < 4.78 is 0. The molecular formula is C24H41O6. The molecule has 0 aromatic heterocycles. The van der Waals surface area contributed by atoms with Crippen molar-refractivity contribution in [3.63, 3.8) is 0 Å². The number of hydrogen-bond acceptors (Lipinski definition) is 3. The van der Waals surface area contributed by atoms with E-state index >= 15 is 0 Å². The molecule has 5 atom stereocenters. The van der Waals surface area contributed by atoms with Crippen LogP contribution in [0.25, 0.3) is 0 Å². The van der Waals surface area contributed by atoms with Crippen LogP contribution in [0.3, 0.4) is 0 Å². The van der Waals surface area contributed by atoms with Crippen LogP contribution >= 0.6 is 0 Å². The highest BCUT2D eigenvalue weighted by Gasteiger charge is 2.44. The summed E-state index contributed by atoms with van der Waals surface area (Å²) in [5, 5.41) is 29.6. The first-order chi connectivity index (χ1) is 14.3. The first-order valence-corrected chi connectivity index (χ1v) is 11.8. The fraction of sp³-hybridized carbons (Fsp3) is 0.833. The number of rotatable bonds is 15. The fourth-order valence-electron chi connectivity index (χ4n) is 5.07. The Bertz CT molecular complexity index is 464. The molecule has 0 aromatic rings. The van der Waals surface area contributed by atoms with E-state index < -0.39 is 35.7 Å². The van der Waals surface area contributed by atoms with Gasteiger partial charge in [0.1, 0.15) is 0 Å². The van der Waals surface area contributed by atoms with E-state index in [4.69, 9.17) is 0 Å². The Labute approximate surface area is 181 Å². The van der Waals surface area contributed by atoms with Crippen molar-refractivity contribution in [1.29, 1.82) is 0 Å². The Balaban J connectivity index is 3.19. The third-order valence-electron chi connectivity index (χ3n) is 6.80. The fourth-order valence-corrected chi connectivity index (χ4v) is 5.07. The lowest BCUT2D eigenvalue weighted by molar-refractivity contribution is -0.147. The van der Waals surface area contributed by atoms with Crippen LogP contribution in [0, 0.1) is 41.9 Å². The van der Waals surface area contributed by atoms with Gasteiger partial charge >= 0.3 is 17.9 Å². The average molecular weight is 426 g/mol. The van der Waals surface area contributed by atoms with E-state index in [2.05, 4.69) is 0 Å². The van der Waals surface area contributed by atoms with Crippen LogP contribution in [0.5, 0.6) is 0 Å². The van der Waals surface area contributed by atoms with Gasteiger partial charge in [0.15, 0.2) is 0 Å². The Morgan fingerprint density at radius 2 is 1.03 bits per heavy atom. The summed E-state index contributed by atoms with van der Waals surface area (Å²) in [5.41, 5.74) is 0. The number of aliphatic carboxylic acids is 3. The van der Waals surface area contributed by atoms with Gasteiger partial charge < -0.3 is 15.3 Å². The van der Waals surface area contributed by atoms with Gasteiger partial charge in [-0.05, 0) is 56.3 Å². The smallest absolute Gasteiger partial charge is 0.306 e. The number of carboxylic acid groups (broad SMARTS) is 3. The Morgan fingerprint density at radius 3 is 1.33 bits per heavy atom. The summed E-state index contributed by atoms with van der Waals surface area (Å²) in [6, 6.07) is 0. The van der Waals surface area contributed by atoms with Gasteiger partial charge in [-0.3, -0.25) is 14.4 Å². The topological polar surface area (TPSA) is 112 Å². The second kappa shape index (κ2) is 13.7. The molecule has 1 radical (unpaired) electrons. The maximum atomic E-state index is 12.0. The van der Waals surface area contributed by atoms with E-state index in [1.807, 2.05) is 27.2 Å². The highest BCUT2D eigenvalue weighted by atomic mass is 16.4. The van der Waals surface area contributed by atoms with E-state index in [0.29, 0.717) is 32.1 Å². The molecule has 0 saturated heterocycles. The number of hydrogen-bond donors (Lipinski definition) is 3. The monoisotopic (exact) mass is 425 g/mol. The van der Waals surface area contributed by atoms with Gasteiger partial charge in [-0.2, -0.15) is 0 Å². The van der Waals surface area contributed by atoms with Crippen LogP contribution in [0.2, 0.25) is 0 Å². The van der Waals surface area contributed by atoms with Crippen LogP contribution in [0.1, 0.15) is 91.4 Å². The highest BCUT2D eigenvalue weighted by Crippen LogP contribution is 2.46. The van der Waals surface area contributed by atoms with Crippen molar-refractivity contribution in [2.45, 2.75) is 91.4 Å². The van der Waals surface area contributed by atoms with Crippen LogP contribution in [-0.4, -0.2) is 33.2 Å². The summed E-state index contributed by atoms with van der Waals surface area (Å²) >= 11 is 0. The first kappa shape index (κ1) is 26.4. The van der Waals surface area contributed by atoms with Gasteiger partial charge in [0, 0.05) is 0 Å². The Hall–Kier alpha value is -1.59. The molecule has 0 amide bonds. The molecular weight excluding hydrogens is 384 g/mol. The molecule has 0 bridgehead atoms. The minimum atomic E-state index is -0.857.